The minimum Gasteiger partial charge on any atom is -0.493 e. The number of unbranched alkanes of at least 4 members (excludes halogenated alkanes) is 1. The highest BCUT2D eigenvalue weighted by molar-refractivity contribution is 5.73. The van der Waals surface area contributed by atoms with Gasteiger partial charge in [-0.2, -0.15) is 0 Å². The molecule has 0 saturated heterocycles. The Bertz CT molecular complexity index is 494. The van der Waals surface area contributed by atoms with Crippen molar-refractivity contribution in [3.8, 4) is 11.5 Å². The van der Waals surface area contributed by atoms with E-state index >= 15 is 0 Å². The fraction of sp³-hybridized carbons (Fsp3) is 0.632. The minimum absolute atomic E-state index is 0.147. The Morgan fingerprint density at radius 3 is 2.52 bits per heavy atom. The molecule has 0 saturated carbocycles. The Balaban J connectivity index is 2.18. The second-order valence-electron chi connectivity index (χ2n) is 5.67. The van der Waals surface area contributed by atoms with E-state index in [2.05, 4.69) is 17.6 Å². The maximum Gasteiger partial charge on any atom is 0.314 e. The molecule has 0 heterocycles. The number of hydrogen-bond acceptors (Lipinski definition) is 4. The number of carbonyl (C=O) groups is 1. The first-order valence-electron chi connectivity index (χ1n) is 9.10. The average molecular weight is 352 g/mol. The van der Waals surface area contributed by atoms with E-state index < -0.39 is 0 Å². The average Bonchev–Trinajstić information content (AvgIpc) is 2.62. The molecular weight excluding hydrogens is 320 g/mol. The van der Waals surface area contributed by atoms with Crippen molar-refractivity contribution in [1.29, 1.82) is 0 Å². The molecule has 0 fully saturated rings. The third kappa shape index (κ3) is 9.19. The summed E-state index contributed by atoms with van der Waals surface area (Å²) in [7, 11) is 1.62. The third-order valence-electron chi connectivity index (χ3n) is 3.62. The zero-order chi connectivity index (χ0) is 18.3. The maximum absolute atomic E-state index is 11.7. The first kappa shape index (κ1) is 21.1. The lowest BCUT2D eigenvalue weighted by Gasteiger charge is -2.11. The quantitative estimate of drug-likeness (QED) is 0.535. The van der Waals surface area contributed by atoms with Gasteiger partial charge in [0, 0.05) is 26.3 Å². The summed E-state index contributed by atoms with van der Waals surface area (Å²) in [4.78, 5) is 11.7. The number of urea groups is 1. The van der Waals surface area contributed by atoms with E-state index in [0.29, 0.717) is 32.1 Å². The maximum atomic E-state index is 11.7. The van der Waals surface area contributed by atoms with Crippen LogP contribution >= 0.6 is 0 Å². The molecule has 6 nitrogen and oxygen atoms in total. The largest absolute Gasteiger partial charge is 0.493 e. The summed E-state index contributed by atoms with van der Waals surface area (Å²) in [5, 5.41) is 5.69. The van der Waals surface area contributed by atoms with Crippen molar-refractivity contribution >= 4 is 6.03 Å². The predicted octanol–water partition coefficient (Wildman–Crippen LogP) is 3.14. The summed E-state index contributed by atoms with van der Waals surface area (Å²) in [5.74, 6) is 1.45. The van der Waals surface area contributed by atoms with Crippen molar-refractivity contribution in [2.45, 2.75) is 39.5 Å². The van der Waals surface area contributed by atoms with Gasteiger partial charge in [-0.3, -0.25) is 0 Å². The molecule has 1 rings (SSSR count). The molecule has 25 heavy (non-hydrogen) atoms. The molecular formula is C19H32N2O4. The predicted molar refractivity (Wildman–Crippen MR) is 99.6 cm³/mol. The number of ether oxygens (including phenoxy) is 3. The van der Waals surface area contributed by atoms with Crippen LogP contribution in [-0.4, -0.2) is 46.1 Å². The lowest BCUT2D eigenvalue weighted by molar-refractivity contribution is 0.129. The first-order chi connectivity index (χ1) is 12.2. The zero-order valence-corrected chi connectivity index (χ0v) is 15.7. The fourth-order valence-corrected chi connectivity index (χ4v) is 2.25. The molecule has 2 N–H and O–H groups in total. The van der Waals surface area contributed by atoms with Crippen LogP contribution in [0.4, 0.5) is 4.79 Å². The van der Waals surface area contributed by atoms with Crippen LogP contribution in [0.3, 0.4) is 0 Å². The highest BCUT2D eigenvalue weighted by atomic mass is 16.5. The summed E-state index contributed by atoms with van der Waals surface area (Å²) in [5.41, 5.74) is 1.09. The smallest absolute Gasteiger partial charge is 0.314 e. The van der Waals surface area contributed by atoms with Crippen LogP contribution in [0.1, 0.15) is 38.7 Å². The van der Waals surface area contributed by atoms with Crippen LogP contribution in [0, 0.1) is 0 Å². The number of nitrogens with one attached hydrogen (secondary N) is 2. The van der Waals surface area contributed by atoms with E-state index in [1.165, 1.54) is 0 Å². The molecule has 142 valence electrons. The summed E-state index contributed by atoms with van der Waals surface area (Å²) < 4.78 is 16.3. The lowest BCUT2D eigenvalue weighted by atomic mass is 10.1. The highest BCUT2D eigenvalue weighted by Gasteiger charge is 2.06. The molecule has 0 aliphatic rings. The van der Waals surface area contributed by atoms with E-state index in [1.54, 1.807) is 7.11 Å². The van der Waals surface area contributed by atoms with Gasteiger partial charge in [0.2, 0.25) is 0 Å². The molecule has 0 radical (unpaired) electrons. The van der Waals surface area contributed by atoms with Gasteiger partial charge in [-0.25, -0.2) is 4.79 Å². The van der Waals surface area contributed by atoms with Gasteiger partial charge in [0.15, 0.2) is 11.5 Å². The summed E-state index contributed by atoms with van der Waals surface area (Å²) in [6, 6.07) is 5.68. The van der Waals surface area contributed by atoms with Gasteiger partial charge in [-0.05, 0) is 43.9 Å². The Hall–Kier alpha value is -1.95. The van der Waals surface area contributed by atoms with Crippen LogP contribution < -0.4 is 20.1 Å². The standard InChI is InChI=1S/C19H32N2O4/c1-4-6-13-24-14-7-11-20-19(22)21-12-10-16-8-9-17(25-5-2)18(15-16)23-3/h8-9,15H,4-7,10-14H2,1-3H3,(H2,20,21,22). The van der Waals surface area contributed by atoms with Gasteiger partial charge in [0.05, 0.1) is 13.7 Å². The van der Waals surface area contributed by atoms with E-state index in [0.717, 1.165) is 43.6 Å². The molecule has 2 amide bonds. The van der Waals surface area contributed by atoms with E-state index in [1.807, 2.05) is 25.1 Å². The molecule has 0 aromatic heterocycles. The SMILES string of the molecule is CCCCOCCCNC(=O)NCCc1ccc(OCC)c(OC)c1. The Morgan fingerprint density at radius 1 is 1.04 bits per heavy atom. The lowest BCUT2D eigenvalue weighted by Crippen LogP contribution is -2.37. The monoisotopic (exact) mass is 352 g/mol. The van der Waals surface area contributed by atoms with Crippen molar-refractivity contribution in [2.75, 3.05) is 40.0 Å². The van der Waals surface area contributed by atoms with E-state index in [-0.39, 0.29) is 6.03 Å². The highest BCUT2D eigenvalue weighted by Crippen LogP contribution is 2.28. The summed E-state index contributed by atoms with van der Waals surface area (Å²) in [6.07, 6.45) is 3.79. The number of rotatable bonds is 13. The number of benzene rings is 1. The molecule has 0 atom stereocenters. The van der Waals surface area contributed by atoms with Gasteiger partial charge in [-0.15, -0.1) is 0 Å². The van der Waals surface area contributed by atoms with Crippen LogP contribution in [-0.2, 0) is 11.2 Å². The molecule has 1 aromatic rings. The van der Waals surface area contributed by atoms with Crippen molar-refractivity contribution in [2.24, 2.45) is 0 Å². The number of hydrogen-bond donors (Lipinski definition) is 2. The second kappa shape index (κ2) is 13.4. The van der Waals surface area contributed by atoms with Crippen molar-refractivity contribution < 1.29 is 19.0 Å². The van der Waals surface area contributed by atoms with Crippen LogP contribution in [0.5, 0.6) is 11.5 Å². The molecule has 0 aliphatic heterocycles. The normalized spacial score (nSPS) is 10.4. The fourth-order valence-electron chi connectivity index (χ4n) is 2.25. The third-order valence-corrected chi connectivity index (χ3v) is 3.62. The molecule has 0 unspecified atom stereocenters. The van der Waals surface area contributed by atoms with E-state index in [9.17, 15) is 4.79 Å². The van der Waals surface area contributed by atoms with Crippen LogP contribution in [0.25, 0.3) is 0 Å². The topological polar surface area (TPSA) is 68.8 Å². The van der Waals surface area contributed by atoms with Crippen LogP contribution in [0.15, 0.2) is 18.2 Å². The molecule has 0 spiro atoms. The van der Waals surface area contributed by atoms with Crippen molar-refractivity contribution in [3.05, 3.63) is 23.8 Å². The van der Waals surface area contributed by atoms with Crippen molar-refractivity contribution in [1.82, 2.24) is 10.6 Å². The van der Waals surface area contributed by atoms with Gasteiger partial charge < -0.3 is 24.8 Å². The first-order valence-corrected chi connectivity index (χ1v) is 9.10. The van der Waals surface area contributed by atoms with Crippen LogP contribution in [0.2, 0.25) is 0 Å². The molecule has 1 aromatic carbocycles. The molecule has 0 bridgehead atoms. The van der Waals surface area contributed by atoms with Gasteiger partial charge >= 0.3 is 6.03 Å². The minimum atomic E-state index is -0.147. The number of methoxy groups -OCH3 is 1. The number of amides is 2. The molecule has 0 aliphatic carbocycles. The summed E-state index contributed by atoms with van der Waals surface area (Å²) >= 11 is 0. The number of carbonyl (C=O) groups excluding carboxylic acids is 1. The zero-order valence-electron chi connectivity index (χ0n) is 15.7. The van der Waals surface area contributed by atoms with Gasteiger partial charge in [0.1, 0.15) is 0 Å². The summed E-state index contributed by atoms with van der Waals surface area (Å²) in [6.45, 7) is 7.35. The Kier molecular flexibility index (Phi) is 11.3. The van der Waals surface area contributed by atoms with Gasteiger partial charge in [-0.1, -0.05) is 19.4 Å². The Morgan fingerprint density at radius 2 is 1.80 bits per heavy atom. The van der Waals surface area contributed by atoms with Crippen molar-refractivity contribution in [3.63, 3.8) is 0 Å². The Labute approximate surface area is 151 Å². The molecule has 6 heteroatoms. The second-order valence-corrected chi connectivity index (χ2v) is 5.67. The van der Waals surface area contributed by atoms with E-state index in [4.69, 9.17) is 14.2 Å². The van der Waals surface area contributed by atoms with Gasteiger partial charge in [0.25, 0.3) is 0 Å².